The summed E-state index contributed by atoms with van der Waals surface area (Å²) in [6.45, 7) is 5.97. The average Bonchev–Trinajstić information content (AvgIpc) is 2.82. The number of carboxylic acids is 2. The zero-order chi connectivity index (χ0) is 24.4. The highest BCUT2D eigenvalue weighted by Gasteiger charge is 2.19. The first-order chi connectivity index (χ1) is 15.8. The van der Waals surface area contributed by atoms with Crippen molar-refractivity contribution in [3.63, 3.8) is 0 Å². The van der Waals surface area contributed by atoms with Gasteiger partial charge in [0.2, 0.25) is 5.75 Å². The molecule has 1 saturated heterocycles. The molecule has 10 heteroatoms. The number of rotatable bonds is 7. The van der Waals surface area contributed by atoms with Gasteiger partial charge in [0.15, 0.2) is 11.5 Å². The van der Waals surface area contributed by atoms with E-state index in [-0.39, 0.29) is 5.75 Å². The van der Waals surface area contributed by atoms with E-state index in [1.807, 2.05) is 12.1 Å². The summed E-state index contributed by atoms with van der Waals surface area (Å²) in [6.07, 6.45) is 2.10. The number of phenolic OH excluding ortho intramolecular Hbond substituents is 1. The number of benzene rings is 2. The highest BCUT2D eigenvalue weighted by Crippen LogP contribution is 2.37. The Morgan fingerprint density at radius 2 is 1.27 bits per heavy atom. The van der Waals surface area contributed by atoms with Crippen LogP contribution in [0.3, 0.4) is 0 Å². The normalized spacial score (nSPS) is 14.2. The van der Waals surface area contributed by atoms with Gasteiger partial charge >= 0.3 is 11.9 Å². The van der Waals surface area contributed by atoms with Crippen LogP contribution in [0.25, 0.3) is 0 Å². The molecule has 1 aliphatic heterocycles. The molecule has 0 unspecified atom stereocenters. The van der Waals surface area contributed by atoms with Gasteiger partial charge in [0.25, 0.3) is 0 Å². The number of thioether (sulfide) groups is 1. The van der Waals surface area contributed by atoms with Crippen LogP contribution in [0, 0.1) is 0 Å². The van der Waals surface area contributed by atoms with Gasteiger partial charge in [-0.2, -0.15) is 0 Å². The number of carboxylic acid groups (broad SMARTS) is 2. The van der Waals surface area contributed by atoms with E-state index in [9.17, 15) is 5.11 Å². The minimum Gasteiger partial charge on any atom is -0.502 e. The fraction of sp³-hybridized carbons (Fsp3) is 0.391. The lowest BCUT2D eigenvalue weighted by atomic mass is 10.1. The quantitative estimate of drug-likeness (QED) is 0.405. The molecule has 3 N–H and O–H groups in total. The van der Waals surface area contributed by atoms with E-state index in [1.165, 1.54) is 10.5 Å². The zero-order valence-electron chi connectivity index (χ0n) is 19.0. The minimum absolute atomic E-state index is 0.0565. The Labute approximate surface area is 197 Å². The maximum Gasteiger partial charge on any atom is 0.414 e. The monoisotopic (exact) mass is 478 g/mol. The van der Waals surface area contributed by atoms with Crippen molar-refractivity contribution in [2.45, 2.75) is 18.0 Å². The van der Waals surface area contributed by atoms with Crippen molar-refractivity contribution < 1.29 is 34.4 Å². The molecule has 2 aromatic rings. The van der Waals surface area contributed by atoms with Crippen LogP contribution in [0.4, 0.5) is 0 Å². The Morgan fingerprint density at radius 1 is 0.848 bits per heavy atom. The van der Waals surface area contributed by atoms with Crippen molar-refractivity contribution in [3.8, 4) is 17.2 Å². The number of piperazine rings is 1. The van der Waals surface area contributed by atoms with E-state index in [0.29, 0.717) is 11.5 Å². The molecule has 0 radical (unpaired) electrons. The van der Waals surface area contributed by atoms with Crippen LogP contribution < -0.4 is 9.47 Å². The molecule has 0 bridgehead atoms. The van der Waals surface area contributed by atoms with Crippen LogP contribution in [0.15, 0.2) is 41.3 Å². The minimum atomic E-state index is -1.82. The summed E-state index contributed by atoms with van der Waals surface area (Å²) in [7, 11) is 3.12. The van der Waals surface area contributed by atoms with Gasteiger partial charge in [-0.05, 0) is 41.6 Å². The second-order valence-corrected chi connectivity index (χ2v) is 8.24. The maximum absolute atomic E-state index is 10.1. The van der Waals surface area contributed by atoms with Crippen molar-refractivity contribution in [2.24, 2.45) is 0 Å². The van der Waals surface area contributed by atoms with Gasteiger partial charge in [-0.25, -0.2) is 9.59 Å². The number of aliphatic carboxylic acids is 2. The molecule has 3 rings (SSSR count). The Balaban J connectivity index is 0.000000569. The smallest absolute Gasteiger partial charge is 0.414 e. The summed E-state index contributed by atoms with van der Waals surface area (Å²) in [5, 5.41) is 24.8. The Kier molecular flexibility index (Phi) is 10.3. The largest absolute Gasteiger partial charge is 0.502 e. The standard InChI is InChI=1S/C21H28N2O3S.C2H2O4/c1-25-19-12-17(13-20(26-2)21(19)24)15-23-10-8-22(9-11-23)14-16-4-6-18(27-3)7-5-16;3-1(4)2(5)6/h4-7,12-13,24H,8-11,14-15H2,1-3H3;(H,3,4)(H,5,6). The number of nitrogens with zero attached hydrogens (tertiary/aromatic N) is 2. The van der Waals surface area contributed by atoms with E-state index in [4.69, 9.17) is 29.3 Å². The Hall–Kier alpha value is -2.95. The Morgan fingerprint density at radius 3 is 1.64 bits per heavy atom. The topological polar surface area (TPSA) is 120 Å². The molecule has 0 aromatic heterocycles. The molecular formula is C23H30N2O7S. The van der Waals surface area contributed by atoms with Gasteiger partial charge in [-0.15, -0.1) is 11.8 Å². The number of hydrogen-bond donors (Lipinski definition) is 3. The van der Waals surface area contributed by atoms with Crippen LogP contribution in [0.1, 0.15) is 11.1 Å². The molecule has 0 saturated carbocycles. The number of ether oxygens (including phenoxy) is 2. The molecule has 9 nitrogen and oxygen atoms in total. The third kappa shape index (κ3) is 8.16. The molecule has 2 aromatic carbocycles. The molecular weight excluding hydrogens is 448 g/mol. The van der Waals surface area contributed by atoms with Gasteiger partial charge < -0.3 is 24.8 Å². The Bertz CT molecular complexity index is 892. The third-order valence-corrected chi connectivity index (χ3v) is 5.90. The average molecular weight is 479 g/mol. The summed E-state index contributed by atoms with van der Waals surface area (Å²) in [4.78, 5) is 24.4. The molecule has 33 heavy (non-hydrogen) atoms. The number of carbonyl (C=O) groups is 2. The number of methoxy groups -OCH3 is 2. The van der Waals surface area contributed by atoms with Crippen molar-refractivity contribution in [1.82, 2.24) is 9.80 Å². The summed E-state index contributed by atoms with van der Waals surface area (Å²) in [5.41, 5.74) is 2.46. The van der Waals surface area contributed by atoms with Gasteiger partial charge in [-0.1, -0.05) is 12.1 Å². The first kappa shape index (κ1) is 26.3. The predicted octanol–water partition coefficient (Wildman–Crippen LogP) is 2.60. The molecule has 1 fully saturated rings. The highest BCUT2D eigenvalue weighted by molar-refractivity contribution is 7.98. The van der Waals surface area contributed by atoms with Gasteiger partial charge in [0.1, 0.15) is 0 Å². The van der Waals surface area contributed by atoms with Crippen molar-refractivity contribution in [1.29, 1.82) is 0 Å². The van der Waals surface area contributed by atoms with Crippen LogP contribution in [0.5, 0.6) is 17.2 Å². The van der Waals surface area contributed by atoms with E-state index in [2.05, 4.69) is 40.3 Å². The lowest BCUT2D eigenvalue weighted by molar-refractivity contribution is -0.159. The summed E-state index contributed by atoms with van der Waals surface area (Å²) in [5.74, 6) is -2.68. The fourth-order valence-corrected chi connectivity index (χ4v) is 3.80. The molecule has 1 heterocycles. The second kappa shape index (κ2) is 12.9. The lowest BCUT2D eigenvalue weighted by Crippen LogP contribution is -2.45. The van der Waals surface area contributed by atoms with E-state index in [1.54, 1.807) is 26.0 Å². The van der Waals surface area contributed by atoms with Crippen LogP contribution in [-0.4, -0.2) is 83.7 Å². The zero-order valence-corrected chi connectivity index (χ0v) is 19.8. The van der Waals surface area contributed by atoms with Crippen molar-refractivity contribution in [3.05, 3.63) is 47.5 Å². The fourth-order valence-electron chi connectivity index (χ4n) is 3.39. The van der Waals surface area contributed by atoms with E-state index < -0.39 is 11.9 Å². The third-order valence-electron chi connectivity index (χ3n) is 5.16. The SMILES string of the molecule is COc1cc(CN2CCN(Cc3ccc(SC)cc3)CC2)cc(OC)c1O.O=C(O)C(=O)O. The number of aromatic hydroxyl groups is 1. The maximum atomic E-state index is 10.1. The number of phenols is 1. The van der Waals surface area contributed by atoms with Crippen LogP contribution >= 0.6 is 11.8 Å². The molecule has 0 spiro atoms. The molecule has 180 valence electrons. The molecule has 1 aliphatic rings. The van der Waals surface area contributed by atoms with Gasteiger partial charge in [0, 0.05) is 44.2 Å². The van der Waals surface area contributed by atoms with Crippen molar-refractivity contribution in [2.75, 3.05) is 46.7 Å². The first-order valence-electron chi connectivity index (χ1n) is 10.2. The first-order valence-corrected chi connectivity index (χ1v) is 11.5. The van der Waals surface area contributed by atoms with Crippen LogP contribution in [-0.2, 0) is 22.7 Å². The molecule has 0 atom stereocenters. The number of hydrogen-bond acceptors (Lipinski definition) is 8. The summed E-state index contributed by atoms with van der Waals surface area (Å²) >= 11 is 1.78. The van der Waals surface area contributed by atoms with Crippen molar-refractivity contribution >= 4 is 23.7 Å². The van der Waals surface area contributed by atoms with E-state index in [0.717, 1.165) is 44.8 Å². The van der Waals surface area contributed by atoms with Crippen LogP contribution in [0.2, 0.25) is 0 Å². The highest BCUT2D eigenvalue weighted by atomic mass is 32.2. The van der Waals surface area contributed by atoms with Gasteiger partial charge in [-0.3, -0.25) is 9.80 Å². The molecule has 0 aliphatic carbocycles. The van der Waals surface area contributed by atoms with Gasteiger partial charge in [0.05, 0.1) is 14.2 Å². The van der Waals surface area contributed by atoms with E-state index >= 15 is 0 Å². The molecule has 0 amide bonds. The lowest BCUT2D eigenvalue weighted by Gasteiger charge is -2.34. The second-order valence-electron chi connectivity index (χ2n) is 7.36. The summed E-state index contributed by atoms with van der Waals surface area (Å²) in [6, 6.07) is 12.6. The summed E-state index contributed by atoms with van der Waals surface area (Å²) < 4.78 is 10.5. The predicted molar refractivity (Wildman–Crippen MR) is 125 cm³/mol.